The Hall–Kier alpha value is -4.57. The van der Waals surface area contributed by atoms with Crippen molar-refractivity contribution in [3.8, 4) is 0 Å². The summed E-state index contributed by atoms with van der Waals surface area (Å²) < 4.78 is 61.3. The van der Waals surface area contributed by atoms with Crippen LogP contribution in [-0.2, 0) is 55.8 Å². The number of esters is 3. The third-order valence-electron chi connectivity index (χ3n) is 18.5. The van der Waals surface area contributed by atoms with E-state index < -0.39 is 91.5 Å². The van der Waals surface area contributed by atoms with Crippen molar-refractivity contribution in [2.75, 3.05) is 39.6 Å². The Labute approximate surface area is 677 Å². The van der Waals surface area contributed by atoms with Crippen LogP contribution in [0.1, 0.15) is 367 Å². The van der Waals surface area contributed by atoms with E-state index in [2.05, 4.69) is 167 Å². The highest BCUT2D eigenvalue weighted by atomic mass is 31.2. The number of hydrogen-bond acceptors (Lipinski definition) is 14. The molecule has 4 N–H and O–H groups in total. The van der Waals surface area contributed by atoms with Gasteiger partial charge in [0, 0.05) is 19.3 Å². The first-order chi connectivity index (χ1) is 54.2. The second kappa shape index (κ2) is 84.8. The number of ether oxygens (including phenoxy) is 3. The normalized spacial score (nSPS) is 14.5. The van der Waals surface area contributed by atoms with Crippen molar-refractivity contribution in [3.05, 3.63) is 146 Å². The summed E-state index contributed by atoms with van der Waals surface area (Å²) in [5.74, 6) is -1.59. The number of phosphoric acid groups is 2. The number of aliphatic hydroxyl groups excluding tert-OH is 2. The number of allylic oxidation sites excluding steroid dienone is 24. The summed E-state index contributed by atoms with van der Waals surface area (Å²) in [5, 5.41) is 20.7. The Bertz CT molecular complexity index is 2600. The summed E-state index contributed by atoms with van der Waals surface area (Å²) in [6, 6.07) is 0. The van der Waals surface area contributed by atoms with E-state index in [1.807, 2.05) is 0 Å². The Morgan fingerprint density at radius 2 is 0.477 bits per heavy atom. The minimum absolute atomic E-state index is 0.0819. The first kappa shape index (κ1) is 106. The molecule has 0 aliphatic heterocycles. The molecule has 5 unspecified atom stereocenters. The molecule has 16 nitrogen and oxygen atoms in total. The monoisotopic (exact) mass is 1600 g/mol. The van der Waals surface area contributed by atoms with Gasteiger partial charge in [0.05, 0.1) is 26.4 Å². The fraction of sp³-hybridized carbons (Fsp3) is 0.710. The quantitative estimate of drug-likeness (QED) is 0.0146. The van der Waals surface area contributed by atoms with Gasteiger partial charge in [-0.1, -0.05) is 353 Å². The fourth-order valence-electron chi connectivity index (χ4n) is 11.9. The zero-order valence-corrected chi connectivity index (χ0v) is 71.9. The van der Waals surface area contributed by atoms with Gasteiger partial charge in [-0.05, 0) is 141 Å². The molecule has 5 atom stereocenters. The number of aliphatic hydroxyl groups is 2. The molecule has 0 aromatic carbocycles. The zero-order chi connectivity index (χ0) is 80.8. The van der Waals surface area contributed by atoms with Gasteiger partial charge in [-0.25, -0.2) is 9.13 Å². The third kappa shape index (κ3) is 86.1. The average Bonchev–Trinajstić information content (AvgIpc) is 0.912. The lowest BCUT2D eigenvalue weighted by atomic mass is 10.0. The molecule has 638 valence electrons. The lowest BCUT2D eigenvalue weighted by molar-refractivity contribution is -0.161. The molecular formula is C93H160O16P2. The molecular weight excluding hydrogens is 1430 g/mol. The van der Waals surface area contributed by atoms with Crippen LogP contribution in [0.4, 0.5) is 0 Å². The van der Waals surface area contributed by atoms with Crippen LogP contribution in [0.3, 0.4) is 0 Å². The van der Waals surface area contributed by atoms with E-state index in [0.29, 0.717) is 19.3 Å². The topological polar surface area (TPSA) is 231 Å². The van der Waals surface area contributed by atoms with Gasteiger partial charge in [-0.15, -0.1) is 0 Å². The number of carbonyl (C=O) groups is 3. The molecule has 0 rings (SSSR count). The summed E-state index contributed by atoms with van der Waals surface area (Å²) in [6.45, 7) is 2.44. The molecule has 0 bridgehead atoms. The van der Waals surface area contributed by atoms with Gasteiger partial charge in [0.2, 0.25) is 0 Å². The highest BCUT2D eigenvalue weighted by molar-refractivity contribution is 7.47. The summed E-state index contributed by atoms with van der Waals surface area (Å²) >= 11 is 0. The van der Waals surface area contributed by atoms with E-state index in [-0.39, 0.29) is 19.3 Å². The third-order valence-corrected chi connectivity index (χ3v) is 20.4. The van der Waals surface area contributed by atoms with Gasteiger partial charge in [-0.3, -0.25) is 32.5 Å². The predicted octanol–water partition coefficient (Wildman–Crippen LogP) is 26.8. The molecule has 0 radical (unpaired) electrons. The highest BCUT2D eigenvalue weighted by Gasteiger charge is 2.29. The van der Waals surface area contributed by atoms with E-state index in [1.165, 1.54) is 154 Å². The van der Waals surface area contributed by atoms with Gasteiger partial charge >= 0.3 is 33.6 Å². The van der Waals surface area contributed by atoms with Crippen LogP contribution in [0.5, 0.6) is 0 Å². The summed E-state index contributed by atoms with van der Waals surface area (Å²) in [7, 11) is -9.81. The SMILES string of the molecule is CC/C=C\C/C=C\C/C=C\C/C=C\C/C=C\CCCCCCCCCCCCCC(=O)OCC(COP(=O)(O)OCC(O)COP(=O)(O)OCC(O)COC(=O)CCCCCCCCCCCCCCCCCCC/C=C\C/C=C\C/C=C\C/C=C\CCCCC)OC(=O)CCCCCCC/C=C\C/C=C\C/C=C\CC. The van der Waals surface area contributed by atoms with Crippen molar-refractivity contribution in [3.63, 3.8) is 0 Å². The van der Waals surface area contributed by atoms with E-state index in [0.717, 1.165) is 154 Å². The first-order valence-electron chi connectivity index (χ1n) is 44.1. The van der Waals surface area contributed by atoms with Crippen LogP contribution in [0.15, 0.2) is 146 Å². The molecule has 111 heavy (non-hydrogen) atoms. The smallest absolute Gasteiger partial charge is 0.463 e. The molecule has 0 spiro atoms. The molecule has 0 aliphatic carbocycles. The van der Waals surface area contributed by atoms with Gasteiger partial charge in [0.25, 0.3) is 0 Å². The second-order valence-electron chi connectivity index (χ2n) is 29.3. The van der Waals surface area contributed by atoms with Crippen LogP contribution in [-0.4, -0.2) is 95.9 Å². The van der Waals surface area contributed by atoms with Crippen molar-refractivity contribution >= 4 is 33.6 Å². The van der Waals surface area contributed by atoms with Crippen LogP contribution in [0, 0.1) is 0 Å². The lowest BCUT2D eigenvalue weighted by Gasteiger charge is -2.21. The maximum absolute atomic E-state index is 13.0. The molecule has 0 fully saturated rings. The molecule has 0 aliphatic rings. The maximum Gasteiger partial charge on any atom is 0.472 e. The summed E-state index contributed by atoms with van der Waals surface area (Å²) in [4.78, 5) is 58.8. The molecule has 0 amide bonds. The Morgan fingerprint density at radius 3 is 0.757 bits per heavy atom. The molecule has 0 aromatic rings. The Morgan fingerprint density at radius 1 is 0.261 bits per heavy atom. The first-order valence-corrected chi connectivity index (χ1v) is 47.1. The van der Waals surface area contributed by atoms with Crippen molar-refractivity contribution in [2.24, 2.45) is 0 Å². The van der Waals surface area contributed by atoms with E-state index in [1.54, 1.807) is 0 Å². The molecule has 18 heteroatoms. The van der Waals surface area contributed by atoms with Crippen molar-refractivity contribution in [2.45, 2.75) is 386 Å². The van der Waals surface area contributed by atoms with E-state index in [9.17, 15) is 43.5 Å². The number of phosphoric ester groups is 2. The van der Waals surface area contributed by atoms with Crippen LogP contribution in [0.2, 0.25) is 0 Å². The van der Waals surface area contributed by atoms with Crippen molar-refractivity contribution in [1.29, 1.82) is 0 Å². The maximum atomic E-state index is 13.0. The van der Waals surface area contributed by atoms with Gasteiger partial charge in [-0.2, -0.15) is 0 Å². The number of hydrogen-bond donors (Lipinski definition) is 4. The standard InChI is InChI=1S/C93H160O16P2/c1-4-7-10-13-16-19-22-25-28-30-32-34-36-38-40-41-42-43-44-45-47-49-50-52-54-56-59-61-64-67-70-73-76-79-91(96)103-82-88(94)83-105-110(99,100)106-84-89(95)85-107-111(101,102)108-87-90(109-93(98)81-78-75-72-69-66-63-58-27-24-21-18-15-12-9-6-3)86-104-92(97)80-77-74-71-68-65-62-60-57-55-53-51-48-46-39-37-35-33-31-29-26-23-20-17-14-11-8-5-2/h8-9,11-12,16-21,25-29,32-35,38-40,46,58,88-90,94-95H,4-7,10,13-15,22-24,30-31,36-37,41-45,47-57,59-87H2,1-3H3,(H,99,100)(H,101,102)/b11-8-,12-9-,19-16-,20-17-,21-18-,28-25-,29-26-,34-32-,35-33-,40-38-,46-39-,58-27-. The van der Waals surface area contributed by atoms with Crippen LogP contribution >= 0.6 is 15.6 Å². The minimum atomic E-state index is -4.94. The van der Waals surface area contributed by atoms with Crippen molar-refractivity contribution < 1.29 is 75.8 Å². The Balaban J connectivity index is 4.46. The van der Waals surface area contributed by atoms with E-state index >= 15 is 0 Å². The predicted molar refractivity (Wildman–Crippen MR) is 463 cm³/mol. The molecule has 0 aromatic heterocycles. The minimum Gasteiger partial charge on any atom is -0.463 e. The average molecular weight is 1600 g/mol. The lowest BCUT2D eigenvalue weighted by Crippen LogP contribution is -2.30. The van der Waals surface area contributed by atoms with Crippen LogP contribution < -0.4 is 0 Å². The second-order valence-corrected chi connectivity index (χ2v) is 32.2. The fourth-order valence-corrected chi connectivity index (χ4v) is 13.5. The van der Waals surface area contributed by atoms with E-state index in [4.69, 9.17) is 32.3 Å². The van der Waals surface area contributed by atoms with Crippen molar-refractivity contribution in [1.82, 2.24) is 0 Å². The number of rotatable bonds is 83. The molecule has 0 saturated heterocycles. The van der Waals surface area contributed by atoms with Gasteiger partial charge in [0.15, 0.2) is 6.10 Å². The summed E-state index contributed by atoms with van der Waals surface area (Å²) in [6.07, 6.45) is 106. The van der Waals surface area contributed by atoms with Gasteiger partial charge in [0.1, 0.15) is 25.4 Å². The highest BCUT2D eigenvalue weighted by Crippen LogP contribution is 2.45. The molecule has 0 heterocycles. The largest absolute Gasteiger partial charge is 0.472 e. The van der Waals surface area contributed by atoms with Crippen LogP contribution in [0.25, 0.3) is 0 Å². The zero-order valence-electron chi connectivity index (χ0n) is 70.1. The Kier molecular flexibility index (Phi) is 81.3. The summed E-state index contributed by atoms with van der Waals surface area (Å²) in [5.41, 5.74) is 0. The molecule has 0 saturated carbocycles. The number of unbranched alkanes of at least 4 members (excludes halogenated alkanes) is 36. The van der Waals surface area contributed by atoms with Gasteiger partial charge < -0.3 is 34.2 Å². The number of carbonyl (C=O) groups excluding carboxylic acids is 3.